The van der Waals surface area contributed by atoms with E-state index in [0.717, 1.165) is 57.9 Å². The van der Waals surface area contributed by atoms with Crippen LogP contribution in [0, 0.1) is 17.3 Å². The number of halogens is 1. The lowest BCUT2D eigenvalue weighted by molar-refractivity contribution is -0.173. The summed E-state index contributed by atoms with van der Waals surface area (Å²) in [6.07, 6.45) is 14.5. The van der Waals surface area contributed by atoms with Gasteiger partial charge in [-0.1, -0.05) is 23.3 Å². The molecule has 0 saturated heterocycles. The summed E-state index contributed by atoms with van der Waals surface area (Å²) in [5.41, 5.74) is 0.545. The molecule has 7 heteroatoms. The second kappa shape index (κ2) is 7.40. The van der Waals surface area contributed by atoms with Gasteiger partial charge in [0.15, 0.2) is 0 Å². The Morgan fingerprint density at radius 2 is 2.03 bits per heavy atom. The van der Waals surface area contributed by atoms with Crippen LogP contribution in [0.2, 0.25) is 5.02 Å². The third kappa shape index (κ3) is 3.28. The monoisotopic (exact) mass is 431 g/mol. The predicted octanol–water partition coefficient (Wildman–Crippen LogP) is 4.58. The van der Waals surface area contributed by atoms with Gasteiger partial charge in [-0.05, 0) is 82.5 Å². The minimum atomic E-state index is -0.713. The lowest BCUT2D eigenvalue weighted by atomic mass is 9.47. The number of rotatable bonds is 6. The molecule has 162 valence electrons. The summed E-state index contributed by atoms with van der Waals surface area (Å²) in [7, 11) is 0. The van der Waals surface area contributed by atoms with Gasteiger partial charge in [0.05, 0.1) is 22.8 Å². The fraction of sp³-hybridized carbons (Fsp3) is 0.696. The second-order valence-corrected chi connectivity index (χ2v) is 10.5. The summed E-state index contributed by atoms with van der Waals surface area (Å²) in [6, 6.07) is 0. The zero-order valence-corrected chi connectivity index (χ0v) is 18.1. The predicted molar refractivity (Wildman–Crippen MR) is 116 cm³/mol. The Balaban J connectivity index is 1.38. The fourth-order valence-corrected chi connectivity index (χ4v) is 7.29. The minimum Gasteiger partial charge on any atom is -0.481 e. The van der Waals surface area contributed by atoms with Crippen LogP contribution in [0.1, 0.15) is 70.6 Å². The van der Waals surface area contributed by atoms with Crippen LogP contribution in [-0.2, 0) is 10.3 Å². The molecular weight excluding hydrogens is 402 g/mol. The number of anilines is 1. The third-order valence-electron chi connectivity index (χ3n) is 8.00. The molecule has 1 aromatic rings. The van der Waals surface area contributed by atoms with Crippen molar-refractivity contribution in [2.45, 2.75) is 76.2 Å². The number of carboxylic acid groups (broad SMARTS) is 1. The average Bonchev–Trinajstić information content (AvgIpc) is 2.71. The smallest absolute Gasteiger partial charge is 0.309 e. The molecule has 2 N–H and O–H groups in total. The van der Waals surface area contributed by atoms with E-state index >= 15 is 0 Å². The molecule has 4 saturated carbocycles. The van der Waals surface area contributed by atoms with Crippen LogP contribution in [-0.4, -0.2) is 27.4 Å². The van der Waals surface area contributed by atoms with Crippen molar-refractivity contribution in [3.63, 3.8) is 0 Å². The number of aromatic nitrogens is 2. The van der Waals surface area contributed by atoms with E-state index in [-0.39, 0.29) is 10.6 Å². The Hall–Kier alpha value is -1.82. The molecule has 2 unspecified atom stereocenters. The van der Waals surface area contributed by atoms with Gasteiger partial charge in [0, 0.05) is 6.54 Å². The van der Waals surface area contributed by atoms with Crippen LogP contribution in [0.3, 0.4) is 0 Å². The van der Waals surface area contributed by atoms with Crippen molar-refractivity contribution in [2.24, 2.45) is 17.3 Å². The molecule has 6 nitrogen and oxygen atoms in total. The first-order chi connectivity index (χ1) is 14.4. The summed E-state index contributed by atoms with van der Waals surface area (Å²) in [6.45, 7) is 0.730. The van der Waals surface area contributed by atoms with Crippen molar-refractivity contribution < 1.29 is 9.90 Å². The first kappa shape index (κ1) is 20.1. The second-order valence-electron chi connectivity index (χ2n) is 10.1. The number of carbonyl (C=O) groups is 1. The Labute approximate surface area is 181 Å². The number of nitrogens with zero attached hydrogens (tertiary/aromatic N) is 2. The van der Waals surface area contributed by atoms with Crippen LogP contribution < -0.4 is 10.9 Å². The quantitative estimate of drug-likeness (QED) is 0.644. The van der Waals surface area contributed by atoms with E-state index in [0.29, 0.717) is 23.9 Å². The molecule has 5 aliphatic rings. The Kier molecular flexibility index (Phi) is 4.96. The molecule has 0 amide bonds. The van der Waals surface area contributed by atoms with Crippen molar-refractivity contribution >= 4 is 23.3 Å². The third-order valence-corrected chi connectivity index (χ3v) is 8.36. The van der Waals surface area contributed by atoms with Gasteiger partial charge in [0.25, 0.3) is 5.56 Å². The van der Waals surface area contributed by atoms with Gasteiger partial charge in [-0.3, -0.25) is 9.59 Å². The van der Waals surface area contributed by atoms with Gasteiger partial charge in [-0.2, -0.15) is 5.10 Å². The van der Waals surface area contributed by atoms with Crippen LogP contribution in [0.25, 0.3) is 0 Å². The highest BCUT2D eigenvalue weighted by molar-refractivity contribution is 6.32. The SMILES string of the molecule is O=C(O)C12CC3CC(C1)CC(n1ncc(NCCC4=CCCCC4)c(Cl)c1=O)(C3)C2. The van der Waals surface area contributed by atoms with Gasteiger partial charge in [-0.15, -0.1) is 0 Å². The van der Waals surface area contributed by atoms with E-state index in [1.165, 1.54) is 18.4 Å². The number of hydrogen-bond acceptors (Lipinski definition) is 4. The summed E-state index contributed by atoms with van der Waals surface area (Å²) < 4.78 is 1.54. The summed E-state index contributed by atoms with van der Waals surface area (Å²) in [4.78, 5) is 25.3. The molecule has 5 aliphatic carbocycles. The number of hydrogen-bond donors (Lipinski definition) is 2. The van der Waals surface area contributed by atoms with Gasteiger partial charge in [-0.25, -0.2) is 4.68 Å². The normalized spacial score (nSPS) is 34.6. The Morgan fingerprint density at radius 1 is 1.27 bits per heavy atom. The topological polar surface area (TPSA) is 84.2 Å². The molecular formula is C23H30ClN3O3. The molecule has 4 fully saturated rings. The highest BCUT2D eigenvalue weighted by Gasteiger charge is 2.62. The maximum atomic E-state index is 13.2. The van der Waals surface area contributed by atoms with Crippen LogP contribution in [0.5, 0.6) is 0 Å². The van der Waals surface area contributed by atoms with Gasteiger partial charge < -0.3 is 10.4 Å². The van der Waals surface area contributed by atoms with E-state index in [2.05, 4.69) is 16.5 Å². The van der Waals surface area contributed by atoms with Crippen LogP contribution in [0.15, 0.2) is 22.6 Å². The van der Waals surface area contributed by atoms with Crippen molar-refractivity contribution in [1.29, 1.82) is 0 Å². The molecule has 1 aromatic heterocycles. The summed E-state index contributed by atoms with van der Waals surface area (Å²) >= 11 is 6.49. The molecule has 0 aromatic carbocycles. The van der Waals surface area contributed by atoms with E-state index in [4.69, 9.17) is 11.6 Å². The molecule has 0 radical (unpaired) electrons. The Morgan fingerprint density at radius 3 is 2.70 bits per heavy atom. The van der Waals surface area contributed by atoms with Gasteiger partial charge in [0.1, 0.15) is 5.02 Å². The zero-order valence-electron chi connectivity index (χ0n) is 17.3. The van der Waals surface area contributed by atoms with E-state index in [9.17, 15) is 14.7 Å². The molecule has 4 bridgehead atoms. The molecule has 2 atom stereocenters. The number of aliphatic carboxylic acids is 1. The van der Waals surface area contributed by atoms with Gasteiger partial charge in [0.2, 0.25) is 0 Å². The molecule has 1 heterocycles. The maximum Gasteiger partial charge on any atom is 0.309 e. The molecule has 30 heavy (non-hydrogen) atoms. The first-order valence-corrected chi connectivity index (χ1v) is 11.7. The van der Waals surface area contributed by atoms with Crippen LogP contribution in [0.4, 0.5) is 5.69 Å². The highest BCUT2D eigenvalue weighted by Crippen LogP contribution is 2.63. The molecule has 6 rings (SSSR count). The van der Waals surface area contributed by atoms with E-state index in [1.807, 2.05) is 0 Å². The van der Waals surface area contributed by atoms with E-state index in [1.54, 1.807) is 10.9 Å². The largest absolute Gasteiger partial charge is 0.481 e. The highest BCUT2D eigenvalue weighted by atomic mass is 35.5. The molecule has 0 aliphatic heterocycles. The summed E-state index contributed by atoms with van der Waals surface area (Å²) in [5.74, 6) is 0.00298. The zero-order chi connectivity index (χ0) is 20.9. The summed E-state index contributed by atoms with van der Waals surface area (Å²) in [5, 5.41) is 18.0. The number of nitrogens with one attached hydrogen (secondary N) is 1. The minimum absolute atomic E-state index is 0.169. The van der Waals surface area contributed by atoms with Crippen molar-refractivity contribution in [3.05, 3.63) is 33.2 Å². The van der Waals surface area contributed by atoms with Crippen molar-refractivity contribution in [2.75, 3.05) is 11.9 Å². The average molecular weight is 432 g/mol. The van der Waals surface area contributed by atoms with Crippen molar-refractivity contribution in [3.8, 4) is 0 Å². The maximum absolute atomic E-state index is 13.2. The van der Waals surface area contributed by atoms with E-state index < -0.39 is 16.9 Å². The van der Waals surface area contributed by atoms with Crippen molar-refractivity contribution in [1.82, 2.24) is 9.78 Å². The standard InChI is InChI=1S/C23H30ClN3O3/c24-19-18(25-7-6-15-4-2-1-3-5-15)13-26-27(20(19)28)23-11-16-8-17(12-23)10-22(9-16,14-23)21(29)30/h4,13,16-17,25H,1-3,5-12,14H2,(H,29,30). The number of allylic oxidation sites excluding steroid dienone is 1. The fourth-order valence-electron chi connectivity index (χ4n) is 7.10. The molecule has 0 spiro atoms. The Bertz CT molecular complexity index is 940. The van der Waals surface area contributed by atoms with Gasteiger partial charge >= 0.3 is 5.97 Å². The number of carboxylic acids is 1. The lowest BCUT2D eigenvalue weighted by Crippen LogP contribution is -2.61. The van der Waals surface area contributed by atoms with Crippen LogP contribution >= 0.6 is 11.6 Å². The first-order valence-electron chi connectivity index (χ1n) is 11.3. The lowest BCUT2D eigenvalue weighted by Gasteiger charge is -2.60.